The Morgan fingerprint density at radius 3 is 2.38 bits per heavy atom. The van der Waals surface area contributed by atoms with E-state index in [2.05, 4.69) is 20.4 Å². The van der Waals surface area contributed by atoms with E-state index in [0.717, 1.165) is 17.7 Å². The zero-order valence-corrected chi connectivity index (χ0v) is 16.1. The summed E-state index contributed by atoms with van der Waals surface area (Å²) < 4.78 is 7.41. The summed E-state index contributed by atoms with van der Waals surface area (Å²) in [6.45, 7) is 4.05. The van der Waals surface area contributed by atoms with Crippen molar-refractivity contribution in [2.45, 2.75) is 32.6 Å². The van der Waals surface area contributed by atoms with Gasteiger partial charge in [-0.3, -0.25) is 9.67 Å². The van der Waals surface area contributed by atoms with Gasteiger partial charge in [0.1, 0.15) is 11.6 Å². The number of halogens is 2. The quantitative estimate of drug-likeness (QED) is 0.658. The van der Waals surface area contributed by atoms with E-state index in [1.807, 2.05) is 13.8 Å². The predicted octanol–water partition coefficient (Wildman–Crippen LogP) is 4.03. The van der Waals surface area contributed by atoms with Gasteiger partial charge in [-0.25, -0.2) is 9.89 Å². The Bertz CT molecular complexity index is 956. The average Bonchev–Trinajstić information content (AvgIpc) is 3.13. The van der Waals surface area contributed by atoms with Crippen molar-refractivity contribution in [3.8, 4) is 11.6 Å². The first-order valence-corrected chi connectivity index (χ1v) is 9.02. The van der Waals surface area contributed by atoms with Gasteiger partial charge in [0.15, 0.2) is 0 Å². The Morgan fingerprint density at radius 2 is 1.85 bits per heavy atom. The van der Waals surface area contributed by atoms with Crippen molar-refractivity contribution in [2.24, 2.45) is 7.05 Å². The highest BCUT2D eigenvalue weighted by molar-refractivity contribution is 6.34. The number of rotatable bonds is 6. The molecular weight excluding hydrogens is 377 g/mol. The fraction of sp³-hybridized carbons (Fsp3) is 0.353. The number of nitrogens with zero attached hydrogens (tertiary/aromatic N) is 3. The molecule has 0 saturated heterocycles. The van der Waals surface area contributed by atoms with E-state index in [-0.39, 0.29) is 11.6 Å². The van der Waals surface area contributed by atoms with E-state index in [9.17, 15) is 4.79 Å². The lowest BCUT2D eigenvalue weighted by molar-refractivity contribution is 0.456. The molecule has 26 heavy (non-hydrogen) atoms. The molecule has 2 N–H and O–H groups in total. The lowest BCUT2D eigenvalue weighted by atomic mass is 9.97. The molecule has 0 aliphatic carbocycles. The SMILES string of the molecule is CCc1c(Oc2cc(Cl)cc(Cl)c2)n[nH]c1C(CC)c1n[nH]c(=O)n1C. The molecule has 0 amide bonds. The second-order valence-electron chi connectivity index (χ2n) is 5.89. The van der Waals surface area contributed by atoms with E-state index < -0.39 is 0 Å². The minimum absolute atomic E-state index is 0.110. The normalized spacial score (nSPS) is 12.3. The number of aromatic nitrogens is 5. The van der Waals surface area contributed by atoms with Crippen LogP contribution >= 0.6 is 23.2 Å². The van der Waals surface area contributed by atoms with E-state index >= 15 is 0 Å². The first-order valence-electron chi connectivity index (χ1n) is 8.26. The third-order valence-corrected chi connectivity index (χ3v) is 4.68. The fourth-order valence-corrected chi connectivity index (χ4v) is 3.47. The van der Waals surface area contributed by atoms with Crippen LogP contribution in [-0.2, 0) is 13.5 Å². The molecule has 7 nitrogen and oxygen atoms in total. The van der Waals surface area contributed by atoms with Gasteiger partial charge in [-0.2, -0.15) is 5.10 Å². The average molecular weight is 396 g/mol. The summed E-state index contributed by atoms with van der Waals surface area (Å²) in [5, 5.41) is 15.0. The van der Waals surface area contributed by atoms with Crippen LogP contribution in [0.1, 0.15) is 43.3 Å². The molecule has 1 unspecified atom stereocenters. The third-order valence-electron chi connectivity index (χ3n) is 4.25. The molecule has 0 aliphatic rings. The highest BCUT2D eigenvalue weighted by Gasteiger charge is 2.25. The lowest BCUT2D eigenvalue weighted by Crippen LogP contribution is -2.17. The van der Waals surface area contributed by atoms with E-state index in [1.54, 1.807) is 25.2 Å². The lowest BCUT2D eigenvalue weighted by Gasteiger charge is -2.14. The van der Waals surface area contributed by atoms with Crippen LogP contribution < -0.4 is 10.4 Å². The summed E-state index contributed by atoms with van der Waals surface area (Å²) in [6.07, 6.45) is 1.44. The molecule has 2 heterocycles. The topological polar surface area (TPSA) is 88.6 Å². The van der Waals surface area contributed by atoms with Gasteiger partial charge in [-0.1, -0.05) is 37.0 Å². The molecule has 0 aliphatic heterocycles. The molecule has 0 bridgehead atoms. The predicted molar refractivity (Wildman–Crippen MR) is 100 cm³/mol. The fourth-order valence-electron chi connectivity index (χ4n) is 2.96. The maximum absolute atomic E-state index is 11.7. The molecule has 138 valence electrons. The molecule has 0 saturated carbocycles. The van der Waals surface area contributed by atoms with E-state index in [4.69, 9.17) is 27.9 Å². The largest absolute Gasteiger partial charge is 0.437 e. The maximum atomic E-state index is 11.7. The standard InChI is InChI=1S/C17H19Cl2N5O2/c1-4-12(15-21-23-17(25)24(15)3)14-13(5-2)16(22-20-14)26-11-7-9(18)6-10(19)8-11/h6-8,12H,4-5H2,1-3H3,(H,20,22)(H,23,25). The monoisotopic (exact) mass is 395 g/mol. The van der Waals surface area contributed by atoms with Gasteiger partial charge in [-0.05, 0) is 31.0 Å². The van der Waals surface area contributed by atoms with Crippen molar-refractivity contribution < 1.29 is 4.74 Å². The van der Waals surface area contributed by atoms with E-state index in [0.29, 0.717) is 33.9 Å². The van der Waals surface area contributed by atoms with Crippen molar-refractivity contribution in [3.05, 3.63) is 55.8 Å². The second kappa shape index (κ2) is 7.55. The van der Waals surface area contributed by atoms with Crippen LogP contribution in [0.15, 0.2) is 23.0 Å². The summed E-state index contributed by atoms with van der Waals surface area (Å²) in [5.41, 5.74) is 1.55. The van der Waals surface area contributed by atoms with Crippen LogP contribution in [0.2, 0.25) is 10.0 Å². The molecule has 0 fully saturated rings. The molecule has 0 spiro atoms. The number of H-pyrrole nitrogens is 2. The Labute approximate surface area is 160 Å². The molecule has 0 radical (unpaired) electrons. The van der Waals surface area contributed by atoms with Crippen LogP contribution in [0.4, 0.5) is 0 Å². The number of nitrogens with one attached hydrogen (secondary N) is 2. The first-order chi connectivity index (χ1) is 12.4. The zero-order valence-electron chi connectivity index (χ0n) is 14.6. The van der Waals surface area contributed by atoms with Crippen LogP contribution in [0.5, 0.6) is 11.6 Å². The van der Waals surface area contributed by atoms with Crippen molar-refractivity contribution in [2.75, 3.05) is 0 Å². The van der Waals surface area contributed by atoms with Gasteiger partial charge in [-0.15, -0.1) is 5.10 Å². The van der Waals surface area contributed by atoms with Crippen molar-refractivity contribution >= 4 is 23.2 Å². The van der Waals surface area contributed by atoms with Gasteiger partial charge in [0, 0.05) is 22.7 Å². The number of hydrogen-bond acceptors (Lipinski definition) is 4. The zero-order chi connectivity index (χ0) is 18.8. The Morgan fingerprint density at radius 1 is 1.15 bits per heavy atom. The van der Waals surface area contributed by atoms with Crippen LogP contribution in [0.25, 0.3) is 0 Å². The van der Waals surface area contributed by atoms with Crippen LogP contribution in [-0.4, -0.2) is 25.0 Å². The Hall–Kier alpha value is -2.25. The van der Waals surface area contributed by atoms with Gasteiger partial charge in [0.05, 0.1) is 11.6 Å². The number of hydrogen-bond donors (Lipinski definition) is 2. The number of ether oxygens (including phenoxy) is 1. The molecule has 3 aromatic rings. The Balaban J connectivity index is 1.99. The molecule has 2 aromatic heterocycles. The molecular formula is C17H19Cl2N5O2. The van der Waals surface area contributed by atoms with Gasteiger partial charge < -0.3 is 4.74 Å². The summed E-state index contributed by atoms with van der Waals surface area (Å²) in [7, 11) is 1.69. The summed E-state index contributed by atoms with van der Waals surface area (Å²) >= 11 is 12.1. The highest BCUT2D eigenvalue weighted by atomic mass is 35.5. The second-order valence-corrected chi connectivity index (χ2v) is 6.76. The van der Waals surface area contributed by atoms with E-state index in [1.165, 1.54) is 4.57 Å². The van der Waals surface area contributed by atoms with Crippen LogP contribution in [0, 0.1) is 0 Å². The molecule has 9 heteroatoms. The van der Waals surface area contributed by atoms with Crippen molar-refractivity contribution in [1.82, 2.24) is 25.0 Å². The van der Waals surface area contributed by atoms with Crippen molar-refractivity contribution in [3.63, 3.8) is 0 Å². The highest BCUT2D eigenvalue weighted by Crippen LogP contribution is 2.34. The number of benzene rings is 1. The van der Waals surface area contributed by atoms with Gasteiger partial charge in [0.25, 0.3) is 0 Å². The molecule has 1 atom stereocenters. The van der Waals surface area contributed by atoms with Gasteiger partial charge in [0.2, 0.25) is 5.88 Å². The maximum Gasteiger partial charge on any atom is 0.343 e. The summed E-state index contributed by atoms with van der Waals surface area (Å²) in [5.74, 6) is 1.50. The Kier molecular flexibility index (Phi) is 5.38. The molecule has 3 rings (SSSR count). The first kappa shape index (κ1) is 18.5. The van der Waals surface area contributed by atoms with Crippen LogP contribution in [0.3, 0.4) is 0 Å². The minimum Gasteiger partial charge on any atom is -0.437 e. The smallest absolute Gasteiger partial charge is 0.343 e. The van der Waals surface area contributed by atoms with Crippen molar-refractivity contribution in [1.29, 1.82) is 0 Å². The summed E-state index contributed by atoms with van der Waals surface area (Å²) in [4.78, 5) is 11.7. The minimum atomic E-state index is -0.249. The number of aromatic amines is 2. The summed E-state index contributed by atoms with van der Waals surface area (Å²) in [6, 6.07) is 4.99. The third kappa shape index (κ3) is 3.50. The van der Waals surface area contributed by atoms with Gasteiger partial charge >= 0.3 is 5.69 Å². The molecule has 1 aromatic carbocycles.